The van der Waals surface area contributed by atoms with Gasteiger partial charge < -0.3 is 4.74 Å². The van der Waals surface area contributed by atoms with Crippen molar-refractivity contribution in [3.63, 3.8) is 0 Å². The molecule has 2 aromatic carbocycles. The fourth-order valence-electron chi connectivity index (χ4n) is 1.59. The van der Waals surface area contributed by atoms with Gasteiger partial charge in [0.15, 0.2) is 0 Å². The highest BCUT2D eigenvalue weighted by molar-refractivity contribution is 5.81. The van der Waals surface area contributed by atoms with Gasteiger partial charge in [0.25, 0.3) is 0 Å². The molecule has 0 saturated carbocycles. The molecule has 2 heteroatoms. The number of benzene rings is 2. The van der Waals surface area contributed by atoms with E-state index >= 15 is 0 Å². The van der Waals surface area contributed by atoms with Crippen molar-refractivity contribution in [2.24, 2.45) is 0 Å². The van der Waals surface area contributed by atoms with E-state index in [9.17, 15) is 4.79 Å². The van der Waals surface area contributed by atoms with E-state index in [-0.39, 0.29) is 0 Å². The summed E-state index contributed by atoms with van der Waals surface area (Å²) in [6, 6.07) is 17.2. The van der Waals surface area contributed by atoms with E-state index in [1.165, 1.54) is 0 Å². The van der Waals surface area contributed by atoms with E-state index in [1.807, 2.05) is 60.7 Å². The SMILES string of the molecule is CC(C=O)=Cc1ccccc1Oc1ccccc1. The van der Waals surface area contributed by atoms with Crippen LogP contribution in [0.1, 0.15) is 12.5 Å². The van der Waals surface area contributed by atoms with Gasteiger partial charge in [-0.3, -0.25) is 4.79 Å². The summed E-state index contributed by atoms with van der Waals surface area (Å²) in [4.78, 5) is 10.7. The summed E-state index contributed by atoms with van der Waals surface area (Å²) in [6.45, 7) is 1.77. The molecule has 0 bridgehead atoms. The first-order valence-electron chi connectivity index (χ1n) is 5.75. The zero-order valence-corrected chi connectivity index (χ0v) is 10.2. The van der Waals surface area contributed by atoms with Crippen molar-refractivity contribution in [3.05, 3.63) is 65.7 Å². The van der Waals surface area contributed by atoms with Gasteiger partial charge in [0.2, 0.25) is 0 Å². The molecule has 2 aromatic rings. The van der Waals surface area contributed by atoms with Crippen molar-refractivity contribution < 1.29 is 9.53 Å². The molecule has 0 heterocycles. The smallest absolute Gasteiger partial charge is 0.145 e. The van der Waals surface area contributed by atoms with Crippen LogP contribution in [0.15, 0.2) is 60.2 Å². The van der Waals surface area contributed by atoms with E-state index in [1.54, 1.807) is 6.92 Å². The molecule has 0 atom stereocenters. The second kappa shape index (κ2) is 5.82. The molecule has 18 heavy (non-hydrogen) atoms. The summed E-state index contributed by atoms with van der Waals surface area (Å²) in [7, 11) is 0. The normalized spacial score (nSPS) is 11.1. The molecule has 0 aliphatic rings. The summed E-state index contributed by atoms with van der Waals surface area (Å²) < 4.78 is 5.79. The molecule has 90 valence electrons. The van der Waals surface area contributed by atoms with Gasteiger partial charge in [-0.25, -0.2) is 0 Å². The Labute approximate surface area is 107 Å². The maximum atomic E-state index is 10.7. The highest BCUT2D eigenvalue weighted by atomic mass is 16.5. The first kappa shape index (κ1) is 12.1. The van der Waals surface area contributed by atoms with Crippen LogP contribution < -0.4 is 4.74 Å². The molecule has 0 aliphatic carbocycles. The molecule has 0 aromatic heterocycles. The van der Waals surface area contributed by atoms with Gasteiger partial charge in [0, 0.05) is 5.56 Å². The van der Waals surface area contributed by atoms with Gasteiger partial charge >= 0.3 is 0 Å². The Kier molecular flexibility index (Phi) is 3.92. The van der Waals surface area contributed by atoms with Crippen molar-refractivity contribution in [2.75, 3.05) is 0 Å². The lowest BCUT2D eigenvalue weighted by Gasteiger charge is -2.08. The van der Waals surface area contributed by atoms with E-state index < -0.39 is 0 Å². The topological polar surface area (TPSA) is 26.3 Å². The van der Waals surface area contributed by atoms with Crippen LogP contribution in [0.3, 0.4) is 0 Å². The van der Waals surface area contributed by atoms with Crippen LogP contribution in [-0.2, 0) is 4.79 Å². The minimum atomic E-state index is 0.666. The third kappa shape index (κ3) is 3.08. The van der Waals surface area contributed by atoms with Gasteiger partial charge in [0.1, 0.15) is 17.8 Å². The van der Waals surface area contributed by atoms with Crippen LogP contribution in [0.25, 0.3) is 6.08 Å². The number of ether oxygens (including phenoxy) is 1. The Morgan fingerprint density at radius 1 is 1.00 bits per heavy atom. The van der Waals surface area contributed by atoms with Crippen LogP contribution in [0.4, 0.5) is 0 Å². The van der Waals surface area contributed by atoms with E-state index in [2.05, 4.69) is 0 Å². The maximum Gasteiger partial charge on any atom is 0.145 e. The lowest BCUT2D eigenvalue weighted by molar-refractivity contribution is -0.104. The molecule has 0 unspecified atom stereocenters. The molecule has 0 N–H and O–H groups in total. The Morgan fingerprint density at radius 3 is 2.39 bits per heavy atom. The van der Waals surface area contributed by atoms with E-state index in [0.29, 0.717) is 5.57 Å². The van der Waals surface area contributed by atoms with Gasteiger partial charge in [-0.1, -0.05) is 36.4 Å². The number of carbonyl (C=O) groups excluding carboxylic acids is 1. The third-order valence-electron chi connectivity index (χ3n) is 2.46. The number of aldehydes is 1. The van der Waals surface area contributed by atoms with Crippen LogP contribution in [0.5, 0.6) is 11.5 Å². The Balaban J connectivity index is 2.31. The lowest BCUT2D eigenvalue weighted by Crippen LogP contribution is -1.87. The zero-order chi connectivity index (χ0) is 12.8. The van der Waals surface area contributed by atoms with Crippen molar-refractivity contribution in [1.29, 1.82) is 0 Å². The zero-order valence-electron chi connectivity index (χ0n) is 10.2. The van der Waals surface area contributed by atoms with Crippen molar-refractivity contribution in [1.82, 2.24) is 0 Å². The highest BCUT2D eigenvalue weighted by Crippen LogP contribution is 2.26. The molecule has 0 amide bonds. The summed E-state index contributed by atoms with van der Waals surface area (Å²) in [5.41, 5.74) is 1.56. The average molecular weight is 238 g/mol. The summed E-state index contributed by atoms with van der Waals surface area (Å²) in [5, 5.41) is 0. The Bertz CT molecular complexity index is 556. The average Bonchev–Trinajstić information content (AvgIpc) is 2.42. The van der Waals surface area contributed by atoms with Gasteiger partial charge in [-0.15, -0.1) is 0 Å². The minimum Gasteiger partial charge on any atom is -0.457 e. The van der Waals surface area contributed by atoms with Gasteiger partial charge in [-0.2, -0.15) is 0 Å². The second-order valence-corrected chi connectivity index (χ2v) is 3.96. The molecule has 0 radical (unpaired) electrons. The fraction of sp³-hybridized carbons (Fsp3) is 0.0625. The number of allylic oxidation sites excluding steroid dienone is 1. The number of para-hydroxylation sites is 2. The molecule has 0 saturated heterocycles. The van der Waals surface area contributed by atoms with Crippen molar-refractivity contribution in [2.45, 2.75) is 6.92 Å². The maximum absolute atomic E-state index is 10.7. The van der Waals surface area contributed by atoms with Gasteiger partial charge in [0.05, 0.1) is 0 Å². The number of hydrogen-bond donors (Lipinski definition) is 0. The van der Waals surface area contributed by atoms with Crippen molar-refractivity contribution >= 4 is 12.4 Å². The first-order valence-corrected chi connectivity index (χ1v) is 5.75. The molecule has 0 spiro atoms. The molecule has 2 rings (SSSR count). The molecule has 2 nitrogen and oxygen atoms in total. The summed E-state index contributed by atoms with van der Waals surface area (Å²) >= 11 is 0. The van der Waals surface area contributed by atoms with Crippen LogP contribution in [0.2, 0.25) is 0 Å². The second-order valence-electron chi connectivity index (χ2n) is 3.96. The molecular weight excluding hydrogens is 224 g/mol. The monoisotopic (exact) mass is 238 g/mol. The summed E-state index contributed by atoms with van der Waals surface area (Å²) in [5.74, 6) is 1.52. The van der Waals surface area contributed by atoms with Crippen LogP contribution >= 0.6 is 0 Å². The number of carbonyl (C=O) groups is 1. The minimum absolute atomic E-state index is 0.666. The first-order chi connectivity index (χ1) is 8.79. The predicted octanol–water partition coefficient (Wildman–Crippen LogP) is 4.08. The largest absolute Gasteiger partial charge is 0.457 e. The number of hydrogen-bond acceptors (Lipinski definition) is 2. The predicted molar refractivity (Wildman–Crippen MR) is 72.7 cm³/mol. The summed E-state index contributed by atoms with van der Waals surface area (Å²) in [6.07, 6.45) is 2.64. The standard InChI is InChI=1S/C16H14O2/c1-13(12-17)11-14-7-5-6-10-16(14)18-15-8-3-2-4-9-15/h2-12H,1H3. The van der Waals surface area contributed by atoms with Crippen LogP contribution in [0, 0.1) is 0 Å². The Morgan fingerprint density at radius 2 is 1.67 bits per heavy atom. The molecular formula is C16H14O2. The number of rotatable bonds is 4. The third-order valence-corrected chi connectivity index (χ3v) is 2.46. The van der Waals surface area contributed by atoms with Gasteiger partial charge in [-0.05, 0) is 36.8 Å². The quantitative estimate of drug-likeness (QED) is 0.592. The van der Waals surface area contributed by atoms with E-state index in [4.69, 9.17) is 4.74 Å². The molecule has 0 fully saturated rings. The fourth-order valence-corrected chi connectivity index (χ4v) is 1.59. The van der Waals surface area contributed by atoms with Crippen molar-refractivity contribution in [3.8, 4) is 11.5 Å². The highest BCUT2D eigenvalue weighted by Gasteiger charge is 2.02. The van der Waals surface area contributed by atoms with Crippen LogP contribution in [-0.4, -0.2) is 6.29 Å². The van der Waals surface area contributed by atoms with E-state index in [0.717, 1.165) is 23.3 Å². The Hall–Kier alpha value is -2.35. The lowest BCUT2D eigenvalue weighted by atomic mass is 10.1. The molecule has 0 aliphatic heterocycles.